The lowest BCUT2D eigenvalue weighted by Gasteiger charge is -2.36. The molecule has 1 atom stereocenters. The summed E-state index contributed by atoms with van der Waals surface area (Å²) in [7, 11) is -3.75. The third kappa shape index (κ3) is 3.21. The summed E-state index contributed by atoms with van der Waals surface area (Å²) in [4.78, 5) is 14.6. The Hall–Kier alpha value is -0.920. The minimum atomic E-state index is -3.75. The molecule has 1 amide bonds. The highest BCUT2D eigenvalue weighted by Crippen LogP contribution is 2.28. The quantitative estimate of drug-likeness (QED) is 0.857. The van der Waals surface area contributed by atoms with Crippen molar-refractivity contribution in [2.75, 3.05) is 19.6 Å². The Morgan fingerprint density at radius 3 is 2.45 bits per heavy atom. The first kappa shape index (κ1) is 17.4. The zero-order valence-corrected chi connectivity index (χ0v) is 15.4. The average molecular weight is 389 g/mol. The van der Waals surface area contributed by atoms with Gasteiger partial charge in [-0.15, -0.1) is 0 Å². The molecular formula is C15H21BrN2O3S. The van der Waals surface area contributed by atoms with Crippen molar-refractivity contribution >= 4 is 31.7 Å². The number of piperazine rings is 1. The summed E-state index contributed by atoms with van der Waals surface area (Å²) in [5.74, 6) is -0.344. The molecule has 0 aromatic heterocycles. The number of nitrogens with zero attached hydrogens (tertiary/aromatic N) is 1. The van der Waals surface area contributed by atoms with E-state index in [1.165, 1.54) is 26.0 Å². The fourth-order valence-corrected chi connectivity index (χ4v) is 4.23. The first-order valence-electron chi connectivity index (χ1n) is 7.19. The van der Waals surface area contributed by atoms with E-state index in [4.69, 9.17) is 0 Å². The summed E-state index contributed by atoms with van der Waals surface area (Å²) in [6.45, 7) is 6.69. The molecule has 0 spiro atoms. The Kier molecular flexibility index (Phi) is 4.99. The number of carbonyl (C=O) groups is 1. The summed E-state index contributed by atoms with van der Waals surface area (Å²) in [6.07, 6.45) is 0. The molecule has 1 saturated heterocycles. The molecule has 1 aromatic rings. The van der Waals surface area contributed by atoms with E-state index in [2.05, 4.69) is 21.2 Å². The number of hydrogen-bond acceptors (Lipinski definition) is 4. The van der Waals surface area contributed by atoms with Crippen LogP contribution < -0.4 is 5.32 Å². The van der Waals surface area contributed by atoms with Gasteiger partial charge < -0.3 is 10.2 Å². The van der Waals surface area contributed by atoms with E-state index in [1.807, 2.05) is 6.92 Å². The maximum atomic E-state index is 12.9. The molecule has 1 N–H and O–H groups in total. The fourth-order valence-electron chi connectivity index (χ4n) is 2.52. The van der Waals surface area contributed by atoms with Crippen molar-refractivity contribution in [3.05, 3.63) is 28.7 Å². The van der Waals surface area contributed by atoms with Crippen molar-refractivity contribution in [3.8, 4) is 0 Å². The summed E-state index contributed by atoms with van der Waals surface area (Å²) < 4.78 is 25.0. The SMILES string of the molecule is CC1CN(C(=O)C(C)(C)S(=O)(=O)c2ccc(Br)cc2)CCN1. The van der Waals surface area contributed by atoms with Gasteiger partial charge in [-0.3, -0.25) is 4.79 Å². The summed E-state index contributed by atoms with van der Waals surface area (Å²) >= 11 is 3.28. The van der Waals surface area contributed by atoms with Gasteiger partial charge in [0.1, 0.15) is 4.75 Å². The van der Waals surface area contributed by atoms with E-state index < -0.39 is 14.6 Å². The fraction of sp³-hybridized carbons (Fsp3) is 0.533. The van der Waals surface area contributed by atoms with Crippen molar-refractivity contribution in [1.29, 1.82) is 0 Å². The largest absolute Gasteiger partial charge is 0.339 e. The average Bonchev–Trinajstić information content (AvgIpc) is 2.46. The van der Waals surface area contributed by atoms with E-state index in [9.17, 15) is 13.2 Å². The second kappa shape index (κ2) is 6.29. The summed E-state index contributed by atoms with van der Waals surface area (Å²) in [6, 6.07) is 6.55. The normalized spacial score (nSPS) is 20.0. The molecule has 1 heterocycles. The molecule has 22 heavy (non-hydrogen) atoms. The predicted molar refractivity (Wildman–Crippen MR) is 89.5 cm³/mol. The van der Waals surface area contributed by atoms with E-state index in [0.717, 1.165) is 4.47 Å². The van der Waals surface area contributed by atoms with Gasteiger partial charge in [-0.25, -0.2) is 8.42 Å². The molecule has 122 valence electrons. The molecule has 1 fully saturated rings. The number of carbonyl (C=O) groups excluding carboxylic acids is 1. The van der Waals surface area contributed by atoms with Gasteiger partial charge in [0.2, 0.25) is 5.91 Å². The summed E-state index contributed by atoms with van der Waals surface area (Å²) in [5.41, 5.74) is 0. The molecule has 0 aliphatic carbocycles. The van der Waals surface area contributed by atoms with E-state index >= 15 is 0 Å². The first-order chi connectivity index (χ1) is 10.2. The maximum Gasteiger partial charge on any atom is 0.243 e. The number of nitrogens with one attached hydrogen (secondary N) is 1. The van der Waals surface area contributed by atoms with E-state index in [0.29, 0.717) is 19.6 Å². The van der Waals surface area contributed by atoms with Gasteiger partial charge >= 0.3 is 0 Å². The van der Waals surface area contributed by atoms with Crippen LogP contribution in [0.25, 0.3) is 0 Å². The molecule has 0 saturated carbocycles. The Labute approximate surface area is 140 Å². The van der Waals surface area contributed by atoms with Crippen LogP contribution in [0.4, 0.5) is 0 Å². The van der Waals surface area contributed by atoms with Crippen LogP contribution in [-0.4, -0.2) is 49.6 Å². The highest BCUT2D eigenvalue weighted by Gasteiger charge is 2.45. The van der Waals surface area contributed by atoms with Crippen LogP contribution in [0.5, 0.6) is 0 Å². The van der Waals surface area contributed by atoms with Crippen molar-refractivity contribution < 1.29 is 13.2 Å². The highest BCUT2D eigenvalue weighted by molar-refractivity contribution is 9.10. The topological polar surface area (TPSA) is 66.5 Å². The van der Waals surface area contributed by atoms with Gasteiger partial charge in [0, 0.05) is 30.1 Å². The Morgan fingerprint density at radius 1 is 1.32 bits per heavy atom. The summed E-state index contributed by atoms with van der Waals surface area (Å²) in [5, 5.41) is 3.25. The second-order valence-electron chi connectivity index (χ2n) is 6.07. The number of hydrogen-bond donors (Lipinski definition) is 1. The van der Waals surface area contributed by atoms with Gasteiger partial charge in [0.05, 0.1) is 4.90 Å². The van der Waals surface area contributed by atoms with Crippen LogP contribution >= 0.6 is 15.9 Å². The molecule has 2 rings (SSSR count). The van der Waals surface area contributed by atoms with Gasteiger partial charge in [-0.1, -0.05) is 15.9 Å². The van der Waals surface area contributed by atoms with Crippen LogP contribution in [-0.2, 0) is 14.6 Å². The van der Waals surface area contributed by atoms with Gasteiger partial charge in [0.15, 0.2) is 9.84 Å². The van der Waals surface area contributed by atoms with E-state index in [1.54, 1.807) is 17.0 Å². The molecule has 1 aromatic carbocycles. The van der Waals surface area contributed by atoms with Crippen LogP contribution in [0, 0.1) is 0 Å². The van der Waals surface area contributed by atoms with Crippen molar-refractivity contribution in [2.45, 2.75) is 36.5 Å². The van der Waals surface area contributed by atoms with E-state index in [-0.39, 0.29) is 16.8 Å². The Bertz CT molecular complexity index is 656. The maximum absolute atomic E-state index is 12.9. The number of sulfone groups is 1. The smallest absolute Gasteiger partial charge is 0.243 e. The molecule has 1 aliphatic rings. The predicted octanol–water partition coefficient (Wildman–Crippen LogP) is 1.82. The minimum absolute atomic E-state index is 0.164. The van der Waals surface area contributed by atoms with Crippen molar-refractivity contribution in [1.82, 2.24) is 10.2 Å². The van der Waals surface area contributed by atoms with Crippen molar-refractivity contribution in [2.24, 2.45) is 0 Å². The first-order valence-corrected chi connectivity index (χ1v) is 9.47. The third-order valence-electron chi connectivity index (χ3n) is 3.97. The number of benzene rings is 1. The Balaban J connectivity index is 2.31. The molecule has 7 heteroatoms. The van der Waals surface area contributed by atoms with Gasteiger partial charge in [-0.05, 0) is 45.0 Å². The minimum Gasteiger partial charge on any atom is -0.339 e. The number of rotatable bonds is 3. The third-order valence-corrected chi connectivity index (χ3v) is 6.91. The highest BCUT2D eigenvalue weighted by atomic mass is 79.9. The van der Waals surface area contributed by atoms with Crippen LogP contribution in [0.3, 0.4) is 0 Å². The molecular weight excluding hydrogens is 368 g/mol. The number of amides is 1. The van der Waals surface area contributed by atoms with Crippen LogP contribution in [0.15, 0.2) is 33.6 Å². The second-order valence-corrected chi connectivity index (χ2v) is 9.49. The van der Waals surface area contributed by atoms with Crippen LogP contribution in [0.2, 0.25) is 0 Å². The zero-order chi connectivity index (χ0) is 16.5. The molecule has 1 aliphatic heterocycles. The lowest BCUT2D eigenvalue weighted by Crippen LogP contribution is -2.57. The van der Waals surface area contributed by atoms with Crippen molar-refractivity contribution in [3.63, 3.8) is 0 Å². The lowest BCUT2D eigenvalue weighted by atomic mass is 10.1. The number of halogens is 1. The zero-order valence-electron chi connectivity index (χ0n) is 13.0. The van der Waals surface area contributed by atoms with Crippen LogP contribution in [0.1, 0.15) is 20.8 Å². The molecule has 1 unspecified atom stereocenters. The van der Waals surface area contributed by atoms with Gasteiger partial charge in [0.25, 0.3) is 0 Å². The molecule has 0 bridgehead atoms. The molecule has 0 radical (unpaired) electrons. The standard InChI is InChI=1S/C15H21BrN2O3S/c1-11-10-18(9-8-17-11)14(19)15(2,3)22(20,21)13-6-4-12(16)5-7-13/h4-7,11,17H,8-10H2,1-3H3. The Morgan fingerprint density at radius 2 is 1.91 bits per heavy atom. The monoisotopic (exact) mass is 388 g/mol. The van der Waals surface area contributed by atoms with Gasteiger partial charge in [-0.2, -0.15) is 0 Å². The molecule has 5 nitrogen and oxygen atoms in total. The lowest BCUT2D eigenvalue weighted by molar-refractivity contribution is -0.134.